The zero-order valence-electron chi connectivity index (χ0n) is 13.9. The van der Waals surface area contributed by atoms with Gasteiger partial charge >= 0.3 is 0 Å². The van der Waals surface area contributed by atoms with Crippen LogP contribution >= 0.6 is 0 Å². The standard InChI is InChI=1S/C19H26N2O2/c1-14(22)20-13-15-8-10-21(11-9-15)19(23)18-7-6-16-4-2-3-5-17(16)12-18/h2-5,15,18H,6-13H2,1H3,(H,20,22)/t18-/m0/s1. The number of aryl methyl sites for hydroxylation is 1. The Hall–Kier alpha value is -1.84. The Morgan fingerprint density at radius 2 is 1.83 bits per heavy atom. The molecule has 0 unspecified atom stereocenters. The second-order valence-corrected chi connectivity index (χ2v) is 6.91. The third-order valence-electron chi connectivity index (χ3n) is 5.26. The molecule has 0 aromatic heterocycles. The number of hydrogen-bond donors (Lipinski definition) is 1. The molecule has 0 bridgehead atoms. The molecule has 23 heavy (non-hydrogen) atoms. The first-order valence-electron chi connectivity index (χ1n) is 8.73. The van der Waals surface area contributed by atoms with E-state index in [1.54, 1.807) is 6.92 Å². The highest BCUT2D eigenvalue weighted by Crippen LogP contribution is 2.28. The summed E-state index contributed by atoms with van der Waals surface area (Å²) in [7, 11) is 0. The van der Waals surface area contributed by atoms with Gasteiger partial charge in [-0.05, 0) is 49.1 Å². The Bertz CT molecular complexity index is 576. The first-order valence-corrected chi connectivity index (χ1v) is 8.73. The monoisotopic (exact) mass is 314 g/mol. The predicted molar refractivity (Wildman–Crippen MR) is 89.9 cm³/mol. The van der Waals surface area contributed by atoms with Gasteiger partial charge in [-0.1, -0.05) is 24.3 Å². The SMILES string of the molecule is CC(=O)NCC1CCN(C(=O)[C@H]2CCc3ccccc3C2)CC1. The van der Waals surface area contributed by atoms with Crippen molar-refractivity contribution in [3.8, 4) is 0 Å². The van der Waals surface area contributed by atoms with Crippen LogP contribution in [0.4, 0.5) is 0 Å². The first-order chi connectivity index (χ1) is 11.1. The third-order valence-corrected chi connectivity index (χ3v) is 5.26. The van der Waals surface area contributed by atoms with E-state index in [9.17, 15) is 9.59 Å². The van der Waals surface area contributed by atoms with Gasteiger partial charge in [0, 0.05) is 32.5 Å². The van der Waals surface area contributed by atoms with Crippen LogP contribution in [-0.4, -0.2) is 36.3 Å². The molecule has 1 atom stereocenters. The van der Waals surface area contributed by atoms with Crippen molar-refractivity contribution >= 4 is 11.8 Å². The van der Waals surface area contributed by atoms with Crippen molar-refractivity contribution in [2.24, 2.45) is 11.8 Å². The van der Waals surface area contributed by atoms with Crippen molar-refractivity contribution in [3.63, 3.8) is 0 Å². The van der Waals surface area contributed by atoms with Gasteiger partial charge in [-0.25, -0.2) is 0 Å². The lowest BCUT2D eigenvalue weighted by atomic mass is 9.82. The molecule has 1 heterocycles. The maximum atomic E-state index is 12.8. The Balaban J connectivity index is 1.51. The minimum absolute atomic E-state index is 0.0318. The maximum absolute atomic E-state index is 12.8. The van der Waals surface area contributed by atoms with Crippen LogP contribution in [0.3, 0.4) is 0 Å². The average molecular weight is 314 g/mol. The molecule has 2 amide bonds. The van der Waals surface area contributed by atoms with Crippen LogP contribution < -0.4 is 5.32 Å². The summed E-state index contributed by atoms with van der Waals surface area (Å²) in [4.78, 5) is 25.8. The molecule has 1 aromatic rings. The first kappa shape index (κ1) is 16.0. The quantitative estimate of drug-likeness (QED) is 0.929. The van der Waals surface area contributed by atoms with Gasteiger partial charge in [0.1, 0.15) is 0 Å². The van der Waals surface area contributed by atoms with E-state index in [0.717, 1.165) is 51.7 Å². The number of hydrogen-bond acceptors (Lipinski definition) is 2. The molecule has 124 valence electrons. The lowest BCUT2D eigenvalue weighted by molar-refractivity contribution is -0.137. The van der Waals surface area contributed by atoms with E-state index in [0.29, 0.717) is 11.8 Å². The molecular weight excluding hydrogens is 288 g/mol. The zero-order valence-corrected chi connectivity index (χ0v) is 13.9. The Morgan fingerprint density at radius 3 is 2.52 bits per heavy atom. The topological polar surface area (TPSA) is 49.4 Å². The summed E-state index contributed by atoms with van der Waals surface area (Å²) in [6.07, 6.45) is 4.87. The van der Waals surface area contributed by atoms with E-state index in [-0.39, 0.29) is 11.8 Å². The Kier molecular flexibility index (Phi) is 4.99. The third kappa shape index (κ3) is 3.92. The molecule has 1 aliphatic heterocycles. The number of fused-ring (bicyclic) bond motifs is 1. The molecule has 0 saturated carbocycles. The molecule has 2 aliphatic rings. The van der Waals surface area contributed by atoms with Gasteiger partial charge < -0.3 is 10.2 Å². The van der Waals surface area contributed by atoms with Crippen molar-refractivity contribution in [3.05, 3.63) is 35.4 Å². The van der Waals surface area contributed by atoms with Crippen molar-refractivity contribution in [1.82, 2.24) is 10.2 Å². The van der Waals surface area contributed by atoms with Gasteiger partial charge in [0.2, 0.25) is 11.8 Å². The van der Waals surface area contributed by atoms with Crippen LogP contribution in [0.15, 0.2) is 24.3 Å². The Morgan fingerprint density at radius 1 is 1.13 bits per heavy atom. The minimum Gasteiger partial charge on any atom is -0.356 e. The molecule has 0 radical (unpaired) electrons. The number of carbonyl (C=O) groups is 2. The van der Waals surface area contributed by atoms with Gasteiger partial charge in [0.05, 0.1) is 0 Å². The number of nitrogens with one attached hydrogen (secondary N) is 1. The molecule has 4 nitrogen and oxygen atoms in total. The number of nitrogens with zero attached hydrogens (tertiary/aromatic N) is 1. The minimum atomic E-state index is 0.0318. The molecule has 1 N–H and O–H groups in total. The summed E-state index contributed by atoms with van der Waals surface area (Å²) < 4.78 is 0. The van der Waals surface area contributed by atoms with Crippen molar-refractivity contribution < 1.29 is 9.59 Å². The van der Waals surface area contributed by atoms with Gasteiger partial charge in [0.25, 0.3) is 0 Å². The van der Waals surface area contributed by atoms with E-state index in [1.165, 1.54) is 11.1 Å². The molecule has 1 aliphatic carbocycles. The maximum Gasteiger partial charge on any atom is 0.226 e. The van der Waals surface area contributed by atoms with Crippen molar-refractivity contribution in [2.45, 2.75) is 39.0 Å². The van der Waals surface area contributed by atoms with Crippen LogP contribution in [0.1, 0.15) is 37.3 Å². The van der Waals surface area contributed by atoms with Gasteiger partial charge in [-0.3, -0.25) is 9.59 Å². The Labute approximate surface area is 138 Å². The lowest BCUT2D eigenvalue weighted by Crippen LogP contribution is -2.44. The van der Waals surface area contributed by atoms with Crippen LogP contribution in [-0.2, 0) is 22.4 Å². The summed E-state index contributed by atoms with van der Waals surface area (Å²) in [5, 5.41) is 2.89. The molecule has 1 fully saturated rings. The molecule has 1 saturated heterocycles. The van der Waals surface area contributed by atoms with Crippen LogP contribution in [0, 0.1) is 11.8 Å². The summed E-state index contributed by atoms with van der Waals surface area (Å²) in [6.45, 7) is 3.97. The zero-order chi connectivity index (χ0) is 16.2. The highest BCUT2D eigenvalue weighted by Gasteiger charge is 2.30. The second kappa shape index (κ2) is 7.16. The molecule has 1 aromatic carbocycles. The number of benzene rings is 1. The van der Waals surface area contributed by atoms with Crippen molar-refractivity contribution in [2.75, 3.05) is 19.6 Å². The summed E-state index contributed by atoms with van der Waals surface area (Å²) in [5.41, 5.74) is 2.75. The largest absolute Gasteiger partial charge is 0.356 e. The highest BCUT2D eigenvalue weighted by molar-refractivity contribution is 5.79. The van der Waals surface area contributed by atoms with Crippen LogP contribution in [0.5, 0.6) is 0 Å². The van der Waals surface area contributed by atoms with E-state index >= 15 is 0 Å². The molecule has 4 heteroatoms. The number of piperidine rings is 1. The van der Waals surface area contributed by atoms with Gasteiger partial charge in [-0.2, -0.15) is 0 Å². The molecule has 0 spiro atoms. The number of likely N-dealkylation sites (tertiary alicyclic amines) is 1. The summed E-state index contributed by atoms with van der Waals surface area (Å²) in [5.74, 6) is 1.02. The lowest BCUT2D eigenvalue weighted by Gasteiger charge is -2.35. The van der Waals surface area contributed by atoms with Gasteiger partial charge in [0.15, 0.2) is 0 Å². The second-order valence-electron chi connectivity index (χ2n) is 6.91. The van der Waals surface area contributed by atoms with Crippen molar-refractivity contribution in [1.29, 1.82) is 0 Å². The normalized spacial score (nSPS) is 21.6. The number of amides is 2. The van der Waals surface area contributed by atoms with Crippen LogP contribution in [0.2, 0.25) is 0 Å². The van der Waals surface area contributed by atoms with E-state index in [1.807, 2.05) is 4.90 Å². The fourth-order valence-corrected chi connectivity index (χ4v) is 3.81. The predicted octanol–water partition coefficient (Wildman–Crippen LogP) is 2.17. The van der Waals surface area contributed by atoms with E-state index in [4.69, 9.17) is 0 Å². The number of carbonyl (C=O) groups excluding carboxylic acids is 2. The smallest absolute Gasteiger partial charge is 0.226 e. The highest BCUT2D eigenvalue weighted by atomic mass is 16.2. The van der Waals surface area contributed by atoms with Gasteiger partial charge in [-0.15, -0.1) is 0 Å². The van der Waals surface area contributed by atoms with E-state index in [2.05, 4.69) is 29.6 Å². The summed E-state index contributed by atoms with van der Waals surface area (Å²) >= 11 is 0. The average Bonchev–Trinajstić information content (AvgIpc) is 2.59. The fourth-order valence-electron chi connectivity index (χ4n) is 3.81. The van der Waals surface area contributed by atoms with Crippen LogP contribution in [0.25, 0.3) is 0 Å². The van der Waals surface area contributed by atoms with E-state index < -0.39 is 0 Å². The molecule has 3 rings (SSSR count). The number of rotatable bonds is 3. The summed E-state index contributed by atoms with van der Waals surface area (Å²) in [6, 6.07) is 8.50. The fraction of sp³-hybridized carbons (Fsp3) is 0.579. The molecular formula is C19H26N2O2.